The molecule has 2 aromatic rings. The van der Waals surface area contributed by atoms with Crippen molar-refractivity contribution >= 4 is 35.8 Å². The summed E-state index contributed by atoms with van der Waals surface area (Å²) < 4.78 is 5.68. The normalized spacial score (nSPS) is 12.7. The van der Waals surface area contributed by atoms with E-state index in [-0.39, 0.29) is 29.9 Å². The number of hydrogen-bond acceptors (Lipinski definition) is 3. The lowest BCUT2D eigenvalue weighted by Crippen LogP contribution is -2.38. The summed E-state index contributed by atoms with van der Waals surface area (Å²) in [5.74, 6) is 1.86. The molecule has 0 aromatic heterocycles. The van der Waals surface area contributed by atoms with Crippen LogP contribution < -0.4 is 15.4 Å². The number of hydrogen-bond donors (Lipinski definition) is 2. The van der Waals surface area contributed by atoms with Crippen LogP contribution in [-0.2, 0) is 17.9 Å². The van der Waals surface area contributed by atoms with Gasteiger partial charge in [-0.05, 0) is 36.1 Å². The van der Waals surface area contributed by atoms with E-state index in [1.165, 1.54) is 11.1 Å². The van der Waals surface area contributed by atoms with E-state index in [0.29, 0.717) is 19.6 Å². The van der Waals surface area contributed by atoms with Crippen LogP contribution in [0.5, 0.6) is 5.75 Å². The molecule has 0 unspecified atom stereocenters. The Kier molecular flexibility index (Phi) is 10.5. The third-order valence-corrected chi connectivity index (χ3v) is 4.90. The highest BCUT2D eigenvalue weighted by Gasteiger charge is 2.22. The fraction of sp³-hybridized carbons (Fsp3) is 0.391. The molecule has 0 aliphatic carbocycles. The van der Waals surface area contributed by atoms with Gasteiger partial charge in [-0.3, -0.25) is 9.79 Å². The van der Waals surface area contributed by atoms with Crippen molar-refractivity contribution in [2.45, 2.75) is 32.4 Å². The average molecular weight is 522 g/mol. The van der Waals surface area contributed by atoms with Gasteiger partial charge in [0, 0.05) is 39.6 Å². The third kappa shape index (κ3) is 7.51. The maximum absolute atomic E-state index is 12.4. The van der Waals surface area contributed by atoms with E-state index >= 15 is 0 Å². The second-order valence-corrected chi connectivity index (χ2v) is 7.06. The SMILES string of the molecule is CN=C(NCCCOc1ccccc1)NCCCC(=O)N1Cc2ccccc2C1.I. The van der Waals surface area contributed by atoms with Crippen LogP contribution in [0.25, 0.3) is 0 Å². The van der Waals surface area contributed by atoms with Gasteiger partial charge in [0.15, 0.2) is 5.96 Å². The first kappa shape index (κ1) is 24.0. The highest BCUT2D eigenvalue weighted by Crippen LogP contribution is 2.22. The second-order valence-electron chi connectivity index (χ2n) is 7.06. The Hall–Kier alpha value is -2.29. The van der Waals surface area contributed by atoms with Crippen LogP contribution in [0.4, 0.5) is 0 Å². The molecule has 2 N–H and O–H groups in total. The fourth-order valence-electron chi connectivity index (χ4n) is 3.32. The Bertz CT molecular complexity index is 789. The number of ether oxygens (including phenoxy) is 1. The van der Waals surface area contributed by atoms with Gasteiger partial charge in [0.2, 0.25) is 5.91 Å². The number of carbonyl (C=O) groups excluding carboxylic acids is 1. The predicted octanol–water partition coefficient (Wildman–Crippen LogP) is 3.56. The van der Waals surface area contributed by atoms with Gasteiger partial charge in [-0.1, -0.05) is 42.5 Å². The van der Waals surface area contributed by atoms with Gasteiger partial charge < -0.3 is 20.3 Å². The molecule has 1 heterocycles. The van der Waals surface area contributed by atoms with Crippen molar-refractivity contribution in [3.8, 4) is 5.75 Å². The molecule has 1 aliphatic rings. The van der Waals surface area contributed by atoms with Gasteiger partial charge in [0.1, 0.15) is 5.75 Å². The minimum absolute atomic E-state index is 0. The molecule has 0 saturated carbocycles. The van der Waals surface area contributed by atoms with Crippen molar-refractivity contribution < 1.29 is 9.53 Å². The molecule has 0 radical (unpaired) electrons. The van der Waals surface area contributed by atoms with Gasteiger partial charge in [0.05, 0.1) is 6.61 Å². The number of nitrogens with one attached hydrogen (secondary N) is 2. The minimum atomic E-state index is 0. The average Bonchev–Trinajstić information content (AvgIpc) is 3.20. The molecule has 1 aliphatic heterocycles. The topological polar surface area (TPSA) is 66.0 Å². The molecule has 2 aromatic carbocycles. The Balaban J connectivity index is 0.00000320. The summed E-state index contributed by atoms with van der Waals surface area (Å²) >= 11 is 0. The van der Waals surface area contributed by atoms with Gasteiger partial charge in [-0.25, -0.2) is 0 Å². The standard InChI is InChI=1S/C23H30N4O2.HI/c1-24-23(26-15-8-16-29-21-11-3-2-4-12-21)25-14-7-13-22(28)27-17-19-9-5-6-10-20(19)18-27;/h2-6,9-12H,7-8,13-18H2,1H3,(H2,24,25,26);1H. The van der Waals surface area contributed by atoms with Crippen molar-refractivity contribution in [2.24, 2.45) is 4.99 Å². The van der Waals surface area contributed by atoms with Crippen LogP contribution in [0.3, 0.4) is 0 Å². The Labute approximate surface area is 196 Å². The van der Waals surface area contributed by atoms with Gasteiger partial charge in [-0.15, -0.1) is 24.0 Å². The van der Waals surface area contributed by atoms with Gasteiger partial charge >= 0.3 is 0 Å². The number of para-hydroxylation sites is 1. The maximum Gasteiger partial charge on any atom is 0.223 e. The van der Waals surface area contributed by atoms with E-state index in [1.807, 2.05) is 47.4 Å². The van der Waals surface area contributed by atoms with E-state index in [4.69, 9.17) is 4.74 Å². The summed E-state index contributed by atoms with van der Waals surface area (Å²) in [5, 5.41) is 6.54. The van der Waals surface area contributed by atoms with E-state index < -0.39 is 0 Å². The molecule has 0 fully saturated rings. The summed E-state index contributed by atoms with van der Waals surface area (Å²) in [6.45, 7) is 3.61. The van der Waals surface area contributed by atoms with Gasteiger partial charge in [0.25, 0.3) is 0 Å². The van der Waals surface area contributed by atoms with Crippen LogP contribution in [0.1, 0.15) is 30.4 Å². The molecule has 30 heavy (non-hydrogen) atoms. The lowest BCUT2D eigenvalue weighted by Gasteiger charge is -2.16. The smallest absolute Gasteiger partial charge is 0.223 e. The Morgan fingerprint density at radius 3 is 2.20 bits per heavy atom. The lowest BCUT2D eigenvalue weighted by molar-refractivity contribution is -0.131. The number of halogens is 1. The summed E-state index contributed by atoms with van der Waals surface area (Å²) in [7, 11) is 1.75. The summed E-state index contributed by atoms with van der Waals surface area (Å²) in [5.41, 5.74) is 2.53. The molecule has 7 heteroatoms. The number of aliphatic imine (C=N–C) groups is 1. The highest BCUT2D eigenvalue weighted by molar-refractivity contribution is 14.0. The number of fused-ring (bicyclic) bond motifs is 1. The highest BCUT2D eigenvalue weighted by atomic mass is 127. The fourth-order valence-corrected chi connectivity index (χ4v) is 3.32. The molecule has 0 atom stereocenters. The molecule has 3 rings (SSSR count). The zero-order valence-corrected chi connectivity index (χ0v) is 19.8. The molecule has 0 spiro atoms. The monoisotopic (exact) mass is 522 g/mol. The lowest BCUT2D eigenvalue weighted by atomic mass is 10.1. The zero-order valence-electron chi connectivity index (χ0n) is 17.5. The largest absolute Gasteiger partial charge is 0.494 e. The number of rotatable bonds is 9. The Morgan fingerprint density at radius 2 is 1.57 bits per heavy atom. The van der Waals surface area contributed by atoms with Crippen molar-refractivity contribution in [1.29, 1.82) is 0 Å². The Morgan fingerprint density at radius 1 is 0.967 bits per heavy atom. The minimum Gasteiger partial charge on any atom is -0.494 e. The number of carbonyl (C=O) groups is 1. The first-order valence-corrected chi connectivity index (χ1v) is 10.2. The predicted molar refractivity (Wildman–Crippen MR) is 131 cm³/mol. The maximum atomic E-state index is 12.4. The second kappa shape index (κ2) is 13.1. The van der Waals surface area contributed by atoms with Crippen molar-refractivity contribution in [3.05, 3.63) is 65.7 Å². The summed E-state index contributed by atoms with van der Waals surface area (Å²) in [6, 6.07) is 18.1. The quantitative estimate of drug-likeness (QED) is 0.229. The first-order valence-electron chi connectivity index (χ1n) is 10.2. The molecular weight excluding hydrogens is 491 g/mol. The molecule has 0 bridgehead atoms. The van der Waals surface area contributed by atoms with Crippen LogP contribution in [0.15, 0.2) is 59.6 Å². The van der Waals surface area contributed by atoms with Crippen molar-refractivity contribution in [1.82, 2.24) is 15.5 Å². The number of benzene rings is 2. The third-order valence-electron chi connectivity index (χ3n) is 4.90. The van der Waals surface area contributed by atoms with Gasteiger partial charge in [-0.2, -0.15) is 0 Å². The molecule has 162 valence electrons. The van der Waals surface area contributed by atoms with Crippen molar-refractivity contribution in [2.75, 3.05) is 26.7 Å². The summed E-state index contributed by atoms with van der Waals surface area (Å²) in [6.07, 6.45) is 2.20. The number of amides is 1. The van der Waals surface area contributed by atoms with E-state index in [9.17, 15) is 4.79 Å². The molecule has 6 nitrogen and oxygen atoms in total. The van der Waals surface area contributed by atoms with Crippen molar-refractivity contribution in [3.63, 3.8) is 0 Å². The van der Waals surface area contributed by atoms with E-state index in [0.717, 1.165) is 44.2 Å². The van der Waals surface area contributed by atoms with Crippen LogP contribution in [0.2, 0.25) is 0 Å². The molecule has 1 amide bonds. The number of guanidine groups is 1. The zero-order chi connectivity index (χ0) is 20.3. The van der Waals surface area contributed by atoms with Crippen LogP contribution in [0, 0.1) is 0 Å². The van der Waals surface area contributed by atoms with Crippen LogP contribution >= 0.6 is 24.0 Å². The van der Waals surface area contributed by atoms with Crippen LogP contribution in [-0.4, -0.2) is 43.5 Å². The first-order chi connectivity index (χ1) is 14.3. The molecule has 0 saturated heterocycles. The van der Waals surface area contributed by atoms with E-state index in [2.05, 4.69) is 27.8 Å². The number of nitrogens with zero attached hydrogens (tertiary/aromatic N) is 2. The summed E-state index contributed by atoms with van der Waals surface area (Å²) in [4.78, 5) is 18.6. The molecular formula is C23H31IN4O2. The van der Waals surface area contributed by atoms with E-state index in [1.54, 1.807) is 7.05 Å².